The topological polar surface area (TPSA) is 107 Å². The molecule has 156 valence electrons. The fourth-order valence-electron chi connectivity index (χ4n) is 3.89. The van der Waals surface area contributed by atoms with Crippen molar-refractivity contribution < 1.29 is 22.9 Å². The highest BCUT2D eigenvalue weighted by molar-refractivity contribution is 7.89. The van der Waals surface area contributed by atoms with Gasteiger partial charge in [0.1, 0.15) is 0 Å². The monoisotopic (exact) mass is 428 g/mol. The van der Waals surface area contributed by atoms with Crippen LogP contribution in [0.15, 0.2) is 71.6 Å². The minimum atomic E-state index is -4.20. The lowest BCUT2D eigenvalue weighted by atomic mass is 9.78. The number of hydrogen-bond acceptors (Lipinski definition) is 6. The SMILES string of the molecule is Cc1ccc(S(=O)(=O)N2C(=O)[C@]3(OCc4ccccc4)C=C[C@H]2C[C@H]3[N+](=O)[O-])cc1. The number of amides is 1. The fraction of sp³-hybridized carbons (Fsp3) is 0.286. The van der Waals surface area contributed by atoms with Crippen LogP contribution in [0, 0.1) is 17.0 Å². The first-order valence-electron chi connectivity index (χ1n) is 9.42. The number of hydrogen-bond donors (Lipinski definition) is 0. The maximum Gasteiger partial charge on any atom is 0.280 e. The maximum absolute atomic E-state index is 13.4. The standard InChI is InChI=1S/C21H20N2O6S/c1-15-7-9-18(10-8-15)30(27,28)22-17-11-12-21(20(22)24,19(13-17)23(25)26)29-14-16-5-3-2-4-6-16/h2-12,17,19H,13-14H2,1H3/t17-,19+,21-/m0/s1. The first kappa shape index (κ1) is 20.2. The predicted molar refractivity (Wildman–Crippen MR) is 108 cm³/mol. The molecule has 0 saturated carbocycles. The Kier molecular flexibility index (Phi) is 4.95. The largest absolute Gasteiger partial charge is 0.350 e. The molecule has 3 aliphatic rings. The van der Waals surface area contributed by atoms with Crippen LogP contribution in [0.5, 0.6) is 0 Å². The molecule has 0 N–H and O–H groups in total. The van der Waals surface area contributed by atoms with Crippen molar-refractivity contribution >= 4 is 15.9 Å². The third-order valence-electron chi connectivity index (χ3n) is 5.51. The highest BCUT2D eigenvalue weighted by Gasteiger charge is 2.64. The van der Waals surface area contributed by atoms with Gasteiger partial charge in [-0.1, -0.05) is 54.1 Å². The predicted octanol–water partition coefficient (Wildman–Crippen LogP) is 2.46. The molecule has 9 heteroatoms. The average Bonchev–Trinajstić information content (AvgIpc) is 2.73. The van der Waals surface area contributed by atoms with Crippen LogP contribution in [0.2, 0.25) is 0 Å². The fourth-order valence-corrected chi connectivity index (χ4v) is 5.48. The molecule has 8 nitrogen and oxygen atoms in total. The third-order valence-corrected chi connectivity index (χ3v) is 7.34. The smallest absolute Gasteiger partial charge is 0.280 e. The zero-order valence-electron chi connectivity index (χ0n) is 16.2. The van der Waals surface area contributed by atoms with E-state index in [4.69, 9.17) is 4.74 Å². The summed E-state index contributed by atoms with van der Waals surface area (Å²) in [5.74, 6) is -0.931. The quantitative estimate of drug-likeness (QED) is 0.397. The van der Waals surface area contributed by atoms with E-state index in [1.165, 1.54) is 24.3 Å². The normalized spacial score (nSPS) is 25.5. The van der Waals surface area contributed by atoms with E-state index in [9.17, 15) is 23.3 Å². The van der Waals surface area contributed by atoms with Crippen LogP contribution in [-0.2, 0) is 26.2 Å². The Hall–Kier alpha value is -3.04. The highest BCUT2D eigenvalue weighted by Crippen LogP contribution is 2.41. The summed E-state index contributed by atoms with van der Waals surface area (Å²) in [6.45, 7) is 1.76. The molecule has 1 aliphatic carbocycles. The van der Waals surface area contributed by atoms with Gasteiger partial charge in [0, 0.05) is 11.3 Å². The zero-order valence-corrected chi connectivity index (χ0v) is 17.0. The van der Waals surface area contributed by atoms with Crippen LogP contribution in [0.1, 0.15) is 17.5 Å². The molecule has 1 fully saturated rings. The molecule has 2 aliphatic heterocycles. The van der Waals surface area contributed by atoms with Crippen molar-refractivity contribution in [3.05, 3.63) is 88.0 Å². The number of nitrogens with zero attached hydrogens (tertiary/aromatic N) is 2. The molecule has 2 aromatic rings. The molecule has 3 atom stereocenters. The Morgan fingerprint density at radius 1 is 1.17 bits per heavy atom. The van der Waals surface area contributed by atoms with Crippen LogP contribution >= 0.6 is 0 Å². The second-order valence-corrected chi connectivity index (χ2v) is 9.26. The summed E-state index contributed by atoms with van der Waals surface area (Å²) < 4.78 is 33.0. The summed E-state index contributed by atoms with van der Waals surface area (Å²) in [5.41, 5.74) is -0.390. The molecule has 2 heterocycles. The van der Waals surface area contributed by atoms with Crippen molar-refractivity contribution in [3.8, 4) is 0 Å². The Morgan fingerprint density at radius 2 is 1.83 bits per heavy atom. The number of fused-ring (bicyclic) bond motifs is 2. The van der Waals surface area contributed by atoms with Crippen molar-refractivity contribution in [1.29, 1.82) is 0 Å². The van der Waals surface area contributed by atoms with Crippen molar-refractivity contribution in [3.63, 3.8) is 0 Å². The molecule has 1 saturated heterocycles. The number of aryl methyl sites for hydroxylation is 1. The number of carbonyl (C=O) groups excluding carboxylic acids is 1. The van der Waals surface area contributed by atoms with Crippen LogP contribution in [0.4, 0.5) is 0 Å². The molecule has 1 amide bonds. The van der Waals surface area contributed by atoms with Gasteiger partial charge < -0.3 is 4.74 Å². The first-order valence-corrected chi connectivity index (χ1v) is 10.9. The van der Waals surface area contributed by atoms with E-state index in [1.54, 1.807) is 36.4 Å². The van der Waals surface area contributed by atoms with Crippen LogP contribution in [0.25, 0.3) is 0 Å². The highest BCUT2D eigenvalue weighted by atomic mass is 32.2. The van der Waals surface area contributed by atoms with Gasteiger partial charge in [-0.05, 0) is 30.7 Å². The van der Waals surface area contributed by atoms with Crippen molar-refractivity contribution in [2.45, 2.75) is 42.5 Å². The summed E-state index contributed by atoms with van der Waals surface area (Å²) in [6.07, 6.45) is 2.72. The van der Waals surface area contributed by atoms with Gasteiger partial charge in [0.15, 0.2) is 0 Å². The minimum Gasteiger partial charge on any atom is -0.350 e. The van der Waals surface area contributed by atoms with E-state index in [-0.39, 0.29) is 17.9 Å². The molecule has 5 rings (SSSR count). The van der Waals surface area contributed by atoms with E-state index in [0.717, 1.165) is 15.4 Å². The summed E-state index contributed by atoms with van der Waals surface area (Å²) in [7, 11) is -4.20. The molecule has 30 heavy (non-hydrogen) atoms. The Labute approximate surface area is 174 Å². The average molecular weight is 428 g/mol. The Balaban J connectivity index is 1.73. The third kappa shape index (κ3) is 3.20. The van der Waals surface area contributed by atoms with E-state index in [1.807, 2.05) is 13.0 Å². The Morgan fingerprint density at radius 3 is 2.47 bits per heavy atom. The molecule has 0 aromatic heterocycles. The van der Waals surface area contributed by atoms with E-state index in [0.29, 0.717) is 0 Å². The Bertz CT molecular complexity index is 1110. The van der Waals surface area contributed by atoms with Crippen molar-refractivity contribution in [2.24, 2.45) is 0 Å². The number of rotatable bonds is 6. The summed E-state index contributed by atoms with van der Waals surface area (Å²) >= 11 is 0. The minimum absolute atomic E-state index is 0.0433. The maximum atomic E-state index is 13.4. The van der Waals surface area contributed by atoms with Gasteiger partial charge in [-0.3, -0.25) is 14.9 Å². The van der Waals surface area contributed by atoms with Gasteiger partial charge in [0.2, 0.25) is 5.60 Å². The molecule has 0 unspecified atom stereocenters. The summed E-state index contributed by atoms with van der Waals surface area (Å²) in [5, 5.41) is 11.7. The van der Waals surface area contributed by atoms with E-state index in [2.05, 4.69) is 0 Å². The van der Waals surface area contributed by atoms with Crippen LogP contribution in [0.3, 0.4) is 0 Å². The molecule has 0 spiro atoms. The number of sulfonamides is 1. The lowest BCUT2D eigenvalue weighted by Gasteiger charge is -2.47. The second kappa shape index (κ2) is 7.33. The first-order chi connectivity index (χ1) is 14.3. The molecular formula is C21H20N2O6S. The zero-order chi connectivity index (χ0) is 21.5. The molecule has 2 bridgehead atoms. The van der Waals surface area contributed by atoms with Gasteiger partial charge in [-0.25, -0.2) is 12.7 Å². The summed E-state index contributed by atoms with van der Waals surface area (Å²) in [4.78, 5) is 24.5. The van der Waals surface area contributed by atoms with Gasteiger partial charge in [0.05, 0.1) is 17.5 Å². The molecule has 0 radical (unpaired) electrons. The number of piperidine rings is 1. The van der Waals surface area contributed by atoms with Crippen molar-refractivity contribution in [1.82, 2.24) is 4.31 Å². The van der Waals surface area contributed by atoms with E-state index >= 15 is 0 Å². The number of nitro groups is 1. The molecular weight excluding hydrogens is 408 g/mol. The van der Waals surface area contributed by atoms with Crippen LogP contribution < -0.4 is 0 Å². The lowest BCUT2D eigenvalue weighted by Crippen LogP contribution is -2.69. The van der Waals surface area contributed by atoms with Gasteiger partial charge in [-0.15, -0.1) is 0 Å². The lowest BCUT2D eigenvalue weighted by molar-refractivity contribution is -0.544. The van der Waals surface area contributed by atoms with E-state index < -0.39 is 38.5 Å². The summed E-state index contributed by atoms with van der Waals surface area (Å²) in [6, 6.07) is 12.7. The van der Waals surface area contributed by atoms with Gasteiger partial charge in [-0.2, -0.15) is 0 Å². The number of carbonyl (C=O) groups is 1. The second-order valence-electron chi connectivity index (χ2n) is 7.45. The number of benzene rings is 2. The van der Waals surface area contributed by atoms with Crippen molar-refractivity contribution in [2.75, 3.05) is 0 Å². The number of ether oxygens (including phenoxy) is 1. The van der Waals surface area contributed by atoms with Gasteiger partial charge in [0.25, 0.3) is 22.0 Å². The van der Waals surface area contributed by atoms with Crippen LogP contribution in [-0.4, -0.2) is 41.2 Å². The van der Waals surface area contributed by atoms with Gasteiger partial charge >= 0.3 is 0 Å². The molecule has 2 aromatic carbocycles.